The van der Waals surface area contributed by atoms with Crippen LogP contribution in [-0.4, -0.2) is 27.8 Å². The Balaban J connectivity index is 0.000000425. The molecule has 4 nitrogen and oxygen atoms in total. The smallest absolute Gasteiger partial charge is 0.337 e. The fraction of sp³-hybridized carbons (Fsp3) is 0.421. The average Bonchev–Trinajstić information content (AvgIpc) is 2.93. The molecule has 8 heteroatoms. The Morgan fingerprint density at radius 3 is 2.04 bits per heavy atom. The molecule has 3 rings (SSSR count). The molecule has 0 unspecified atom stereocenters. The Morgan fingerprint density at radius 2 is 1.56 bits per heavy atom. The fourth-order valence-electron chi connectivity index (χ4n) is 1.96. The van der Waals surface area contributed by atoms with Crippen LogP contribution >= 0.6 is 0 Å². The quantitative estimate of drug-likeness (QED) is 0.579. The first-order valence-corrected chi connectivity index (χ1v) is 8.58. The second-order valence-electron chi connectivity index (χ2n) is 4.98. The van der Waals surface area contributed by atoms with Crippen LogP contribution in [0.25, 0.3) is 0 Å². The molecule has 0 saturated carbocycles. The maximum Gasteiger partial charge on any atom is 0.419 e. The van der Waals surface area contributed by atoms with E-state index in [2.05, 4.69) is 9.97 Å². The van der Waals surface area contributed by atoms with Gasteiger partial charge in [0.2, 0.25) is 0 Å². The number of amides is 1. The summed E-state index contributed by atoms with van der Waals surface area (Å²) >= 11 is 0. The van der Waals surface area contributed by atoms with Crippen molar-refractivity contribution in [2.24, 2.45) is 0 Å². The maximum atomic E-state index is 12.7. The molecule has 150 valence electrons. The van der Waals surface area contributed by atoms with Gasteiger partial charge in [0.05, 0.1) is 5.56 Å². The molecule has 0 atom stereocenters. The predicted octanol–water partition coefficient (Wildman–Crippen LogP) is 5.27. The average molecular weight is 387 g/mol. The van der Waals surface area contributed by atoms with Crippen molar-refractivity contribution < 1.29 is 22.4 Å². The maximum absolute atomic E-state index is 12.7. The molecular formula is C19H25F4N3O. The van der Waals surface area contributed by atoms with Crippen LogP contribution in [0.5, 0.6) is 0 Å². The molecule has 2 heterocycles. The van der Waals surface area contributed by atoms with Crippen molar-refractivity contribution in [3.05, 3.63) is 58.9 Å². The lowest BCUT2D eigenvalue weighted by Gasteiger charge is -2.04. The summed E-state index contributed by atoms with van der Waals surface area (Å²) in [5, 5.41) is 0. The number of hydrogen-bond acceptors (Lipinski definition) is 3. The molecule has 1 aromatic heterocycles. The van der Waals surface area contributed by atoms with Gasteiger partial charge in [-0.05, 0) is 24.6 Å². The van der Waals surface area contributed by atoms with Gasteiger partial charge < -0.3 is 4.90 Å². The number of carbonyl (C=O) groups is 1. The molecule has 1 amide bonds. The molecular weight excluding hydrogens is 362 g/mol. The highest BCUT2D eigenvalue weighted by atomic mass is 19.4. The predicted molar refractivity (Wildman–Crippen MR) is 96.7 cm³/mol. The van der Waals surface area contributed by atoms with Gasteiger partial charge in [-0.3, -0.25) is 4.79 Å². The van der Waals surface area contributed by atoms with Crippen LogP contribution in [0.3, 0.4) is 0 Å². The van der Waals surface area contributed by atoms with Gasteiger partial charge in [0.1, 0.15) is 11.6 Å². The Hall–Kier alpha value is -2.51. The van der Waals surface area contributed by atoms with Crippen LogP contribution in [0.15, 0.2) is 30.6 Å². The largest absolute Gasteiger partial charge is 0.419 e. The van der Waals surface area contributed by atoms with Crippen LogP contribution in [0.4, 0.5) is 17.6 Å². The van der Waals surface area contributed by atoms with E-state index >= 15 is 0 Å². The second-order valence-corrected chi connectivity index (χ2v) is 4.98. The van der Waals surface area contributed by atoms with Gasteiger partial charge in [-0.25, -0.2) is 14.4 Å². The van der Waals surface area contributed by atoms with Crippen molar-refractivity contribution in [3.63, 3.8) is 0 Å². The summed E-state index contributed by atoms with van der Waals surface area (Å²) in [5.74, 6) is -0.111. The number of benzene rings is 1. The highest BCUT2D eigenvalue weighted by Crippen LogP contribution is 2.27. The monoisotopic (exact) mass is 387 g/mol. The van der Waals surface area contributed by atoms with Crippen LogP contribution in [-0.2, 0) is 12.7 Å². The van der Waals surface area contributed by atoms with E-state index in [1.54, 1.807) is 18.0 Å². The number of alkyl halides is 3. The minimum absolute atomic E-state index is 0.0931. The van der Waals surface area contributed by atoms with E-state index < -0.39 is 11.7 Å². The van der Waals surface area contributed by atoms with Crippen molar-refractivity contribution in [1.82, 2.24) is 14.9 Å². The van der Waals surface area contributed by atoms with Crippen LogP contribution < -0.4 is 0 Å². The molecule has 0 saturated heterocycles. The molecule has 0 spiro atoms. The van der Waals surface area contributed by atoms with E-state index in [1.807, 2.05) is 27.7 Å². The standard InChI is InChI=1S/C9H8FNO.C6H5F3N2.2C2H6/c1-11-5-6-2-3-7(10)4-8(6)9(11)12;1-4-10-2-5(3-11-4)6(7,8)9;2*1-2/h2-4H,5H2,1H3;2-3H,1H3;2*1-2H3. The summed E-state index contributed by atoms with van der Waals surface area (Å²) in [6, 6.07) is 4.33. The lowest BCUT2D eigenvalue weighted by Crippen LogP contribution is -2.17. The number of hydrogen-bond donors (Lipinski definition) is 0. The number of rotatable bonds is 0. The Labute approximate surface area is 157 Å². The normalized spacial score (nSPS) is 11.9. The van der Waals surface area contributed by atoms with E-state index in [9.17, 15) is 22.4 Å². The minimum Gasteiger partial charge on any atom is -0.337 e. The van der Waals surface area contributed by atoms with Gasteiger partial charge in [0.15, 0.2) is 0 Å². The van der Waals surface area contributed by atoms with E-state index in [-0.39, 0.29) is 11.7 Å². The van der Waals surface area contributed by atoms with Gasteiger partial charge >= 0.3 is 6.18 Å². The molecule has 0 radical (unpaired) electrons. The number of nitrogens with zero attached hydrogens (tertiary/aromatic N) is 3. The lowest BCUT2D eigenvalue weighted by molar-refractivity contribution is -0.138. The molecule has 0 aliphatic carbocycles. The van der Waals surface area contributed by atoms with Crippen LogP contribution in [0, 0.1) is 12.7 Å². The van der Waals surface area contributed by atoms with Gasteiger partial charge in [0.25, 0.3) is 5.91 Å². The van der Waals surface area contributed by atoms with Gasteiger partial charge in [0, 0.05) is 31.5 Å². The molecule has 27 heavy (non-hydrogen) atoms. The van der Waals surface area contributed by atoms with Crippen molar-refractivity contribution in [1.29, 1.82) is 0 Å². The molecule has 1 aromatic carbocycles. The van der Waals surface area contributed by atoms with Crippen molar-refractivity contribution >= 4 is 5.91 Å². The van der Waals surface area contributed by atoms with Gasteiger partial charge in [-0.2, -0.15) is 13.2 Å². The summed E-state index contributed by atoms with van der Waals surface area (Å²) in [7, 11) is 1.71. The third kappa shape index (κ3) is 7.32. The molecule has 1 aliphatic rings. The number of aryl methyl sites for hydroxylation is 1. The van der Waals surface area contributed by atoms with Crippen molar-refractivity contribution in [2.75, 3.05) is 7.05 Å². The summed E-state index contributed by atoms with van der Waals surface area (Å²) in [6.07, 6.45) is -2.81. The summed E-state index contributed by atoms with van der Waals surface area (Å²) in [5.41, 5.74) is 0.588. The first-order valence-electron chi connectivity index (χ1n) is 8.58. The molecule has 1 aliphatic heterocycles. The number of aromatic nitrogens is 2. The molecule has 0 fully saturated rings. The number of carbonyl (C=O) groups excluding carboxylic acids is 1. The number of halogens is 4. The summed E-state index contributed by atoms with van der Waals surface area (Å²) < 4.78 is 48.2. The Morgan fingerprint density at radius 1 is 1.04 bits per heavy atom. The van der Waals surface area contributed by atoms with E-state index in [0.29, 0.717) is 17.9 Å². The molecule has 0 N–H and O–H groups in total. The molecule has 0 bridgehead atoms. The first kappa shape index (κ1) is 24.5. The van der Waals surface area contributed by atoms with Crippen molar-refractivity contribution in [2.45, 2.75) is 47.3 Å². The van der Waals surface area contributed by atoms with Gasteiger partial charge in [-0.1, -0.05) is 33.8 Å². The summed E-state index contributed by atoms with van der Waals surface area (Å²) in [6.45, 7) is 10.1. The highest BCUT2D eigenvalue weighted by Gasteiger charge is 2.31. The third-order valence-corrected chi connectivity index (χ3v) is 3.16. The highest BCUT2D eigenvalue weighted by molar-refractivity contribution is 5.98. The zero-order chi connectivity index (χ0) is 21.2. The zero-order valence-electron chi connectivity index (χ0n) is 16.4. The summed E-state index contributed by atoms with van der Waals surface area (Å²) in [4.78, 5) is 19.7. The number of fused-ring (bicyclic) bond motifs is 1. The second kappa shape index (κ2) is 11.3. The SMILES string of the molecule is CC.CC.CN1Cc2ccc(F)cc2C1=O.Cc1ncc(C(F)(F)F)cn1. The van der Waals surface area contributed by atoms with E-state index in [0.717, 1.165) is 18.0 Å². The van der Waals surface area contributed by atoms with Gasteiger partial charge in [-0.15, -0.1) is 0 Å². The fourth-order valence-corrected chi connectivity index (χ4v) is 1.96. The zero-order valence-corrected chi connectivity index (χ0v) is 16.4. The Kier molecular flexibility index (Phi) is 10.2. The third-order valence-electron chi connectivity index (χ3n) is 3.16. The minimum atomic E-state index is -4.34. The Bertz CT molecular complexity index is 716. The lowest BCUT2D eigenvalue weighted by atomic mass is 10.1. The molecule has 2 aromatic rings. The van der Waals surface area contributed by atoms with Crippen molar-refractivity contribution in [3.8, 4) is 0 Å². The first-order chi connectivity index (χ1) is 12.7. The van der Waals surface area contributed by atoms with E-state index in [4.69, 9.17) is 0 Å². The topological polar surface area (TPSA) is 46.1 Å². The van der Waals surface area contributed by atoms with Crippen LogP contribution in [0.2, 0.25) is 0 Å². The van der Waals surface area contributed by atoms with E-state index in [1.165, 1.54) is 19.1 Å². The van der Waals surface area contributed by atoms with Crippen LogP contribution in [0.1, 0.15) is 55.0 Å².